The standard InChI is InChI=1S/C7H9BO4/c9-5-6-1-3-7(4-2-6)12-8(10)11/h1-4,9-11H,5H2/i3D. The first-order valence-electron chi connectivity index (χ1n) is 3.86. The Morgan fingerprint density at radius 1 is 1.42 bits per heavy atom. The average molecular weight is 169 g/mol. The summed E-state index contributed by atoms with van der Waals surface area (Å²) in [5, 5.41) is 25.6. The zero-order chi connectivity index (χ0) is 9.84. The topological polar surface area (TPSA) is 69.9 Å². The Labute approximate surface area is 71.6 Å². The van der Waals surface area contributed by atoms with Crippen LogP contribution in [0.4, 0.5) is 0 Å². The average Bonchev–Trinajstić information content (AvgIpc) is 2.08. The van der Waals surface area contributed by atoms with Crippen LogP contribution in [0.15, 0.2) is 24.2 Å². The number of hydrogen-bond acceptors (Lipinski definition) is 4. The molecule has 0 aliphatic carbocycles. The van der Waals surface area contributed by atoms with Crippen LogP contribution in [0, 0.1) is 0 Å². The van der Waals surface area contributed by atoms with Crippen molar-refractivity contribution in [1.82, 2.24) is 0 Å². The highest BCUT2D eigenvalue weighted by atomic mass is 16.6. The van der Waals surface area contributed by atoms with Crippen LogP contribution in [0.25, 0.3) is 0 Å². The first-order chi connectivity index (χ1) is 6.13. The SMILES string of the molecule is [2H]c1cc(CO)ccc1OB(O)O. The van der Waals surface area contributed by atoms with E-state index in [9.17, 15) is 0 Å². The zero-order valence-electron chi connectivity index (χ0n) is 7.27. The van der Waals surface area contributed by atoms with E-state index in [0.717, 1.165) is 0 Å². The molecule has 0 radical (unpaired) electrons. The molecule has 0 aliphatic rings. The van der Waals surface area contributed by atoms with Crippen molar-refractivity contribution in [2.75, 3.05) is 0 Å². The third-order valence-corrected chi connectivity index (χ3v) is 1.26. The first kappa shape index (κ1) is 7.61. The lowest BCUT2D eigenvalue weighted by atomic mass is 10.2. The van der Waals surface area contributed by atoms with Crippen LogP contribution in [-0.4, -0.2) is 22.5 Å². The highest BCUT2D eigenvalue weighted by Gasteiger charge is 2.10. The summed E-state index contributed by atoms with van der Waals surface area (Å²) in [6.45, 7) is -0.159. The summed E-state index contributed by atoms with van der Waals surface area (Å²) in [5.74, 6) is 0.0622. The van der Waals surface area contributed by atoms with Crippen molar-refractivity contribution in [1.29, 1.82) is 0 Å². The van der Waals surface area contributed by atoms with E-state index in [1.807, 2.05) is 0 Å². The normalized spacial score (nSPS) is 10.8. The summed E-state index contributed by atoms with van der Waals surface area (Å²) in [6, 6.07) is 4.32. The van der Waals surface area contributed by atoms with Gasteiger partial charge in [-0.05, 0) is 17.7 Å². The fraction of sp³-hybridized carbons (Fsp3) is 0.143. The monoisotopic (exact) mass is 169 g/mol. The largest absolute Gasteiger partial charge is 0.707 e. The van der Waals surface area contributed by atoms with Gasteiger partial charge in [0.25, 0.3) is 0 Å². The zero-order valence-corrected chi connectivity index (χ0v) is 6.27. The third-order valence-electron chi connectivity index (χ3n) is 1.26. The van der Waals surface area contributed by atoms with Crippen LogP contribution in [0.3, 0.4) is 0 Å². The van der Waals surface area contributed by atoms with E-state index in [4.69, 9.17) is 16.5 Å². The van der Waals surface area contributed by atoms with Crippen molar-refractivity contribution >= 4 is 7.32 Å². The molecule has 1 aromatic rings. The van der Waals surface area contributed by atoms with Gasteiger partial charge in [0.2, 0.25) is 0 Å². The molecule has 0 aliphatic heterocycles. The van der Waals surface area contributed by atoms with Crippen LogP contribution in [0.1, 0.15) is 6.93 Å². The van der Waals surface area contributed by atoms with Gasteiger partial charge in [-0.2, -0.15) is 0 Å². The lowest BCUT2D eigenvalue weighted by Crippen LogP contribution is -2.20. The quantitative estimate of drug-likeness (QED) is 0.534. The lowest BCUT2D eigenvalue weighted by molar-refractivity contribution is 0.280. The van der Waals surface area contributed by atoms with E-state index in [2.05, 4.69) is 4.65 Å². The molecule has 12 heavy (non-hydrogen) atoms. The lowest BCUT2D eigenvalue weighted by Gasteiger charge is -2.04. The molecule has 1 rings (SSSR count). The molecule has 0 atom stereocenters. The van der Waals surface area contributed by atoms with Gasteiger partial charge in [-0.1, -0.05) is 12.1 Å². The second-order valence-corrected chi connectivity index (χ2v) is 2.16. The van der Waals surface area contributed by atoms with Crippen LogP contribution in [0.5, 0.6) is 5.75 Å². The Bertz CT molecular complexity index is 292. The molecule has 64 valence electrons. The van der Waals surface area contributed by atoms with E-state index in [-0.39, 0.29) is 18.4 Å². The Kier molecular flexibility index (Phi) is 2.60. The molecular formula is C7H9BO4. The number of hydrogen-bond donors (Lipinski definition) is 3. The molecule has 0 saturated carbocycles. The van der Waals surface area contributed by atoms with Gasteiger partial charge in [0.05, 0.1) is 7.98 Å². The molecule has 0 fully saturated rings. The maximum atomic E-state index is 8.71. The summed E-state index contributed by atoms with van der Waals surface area (Å²) >= 11 is 0. The molecule has 5 heteroatoms. The molecular weight excluding hydrogens is 159 g/mol. The number of rotatable bonds is 3. The predicted octanol–water partition coefficient (Wildman–Crippen LogP) is -0.473. The predicted molar refractivity (Wildman–Crippen MR) is 43.2 cm³/mol. The minimum atomic E-state index is -1.93. The van der Waals surface area contributed by atoms with Gasteiger partial charge < -0.3 is 19.8 Å². The number of aliphatic hydroxyl groups excluding tert-OH is 1. The fourth-order valence-corrected chi connectivity index (χ4v) is 0.728. The van der Waals surface area contributed by atoms with Crippen molar-refractivity contribution in [3.05, 3.63) is 29.8 Å². The first-order valence-corrected chi connectivity index (χ1v) is 3.36. The van der Waals surface area contributed by atoms with E-state index in [1.54, 1.807) is 0 Å². The molecule has 4 nitrogen and oxygen atoms in total. The second kappa shape index (κ2) is 4.11. The summed E-state index contributed by atoms with van der Waals surface area (Å²) < 4.78 is 11.8. The van der Waals surface area contributed by atoms with Gasteiger partial charge in [-0.25, -0.2) is 0 Å². The van der Waals surface area contributed by atoms with Crippen LogP contribution in [0.2, 0.25) is 0 Å². The van der Waals surface area contributed by atoms with Crippen LogP contribution in [-0.2, 0) is 6.61 Å². The van der Waals surface area contributed by atoms with Gasteiger partial charge in [-0.15, -0.1) is 0 Å². The minimum absolute atomic E-state index is 0.000324. The summed E-state index contributed by atoms with van der Waals surface area (Å²) in [5.41, 5.74) is 0.574. The van der Waals surface area contributed by atoms with Crippen molar-refractivity contribution < 1.29 is 21.2 Å². The second-order valence-electron chi connectivity index (χ2n) is 2.16. The molecule has 0 aromatic heterocycles. The van der Waals surface area contributed by atoms with Crippen molar-refractivity contribution in [2.24, 2.45) is 0 Å². The van der Waals surface area contributed by atoms with Gasteiger partial charge in [0.1, 0.15) is 5.75 Å². The van der Waals surface area contributed by atoms with E-state index >= 15 is 0 Å². The van der Waals surface area contributed by atoms with E-state index in [0.29, 0.717) is 5.56 Å². The molecule has 0 saturated heterocycles. The summed E-state index contributed by atoms with van der Waals surface area (Å²) in [7, 11) is -1.93. The van der Waals surface area contributed by atoms with Crippen LogP contribution >= 0.6 is 0 Å². The van der Waals surface area contributed by atoms with Crippen LogP contribution < -0.4 is 4.65 Å². The highest BCUT2D eigenvalue weighted by molar-refractivity contribution is 6.33. The third kappa shape index (κ3) is 2.54. The maximum Gasteiger partial charge on any atom is 0.707 e. The Hall–Kier alpha value is -1.04. The smallest absolute Gasteiger partial charge is 0.512 e. The number of benzene rings is 1. The van der Waals surface area contributed by atoms with Crippen molar-refractivity contribution in [3.63, 3.8) is 0 Å². The number of aliphatic hydroxyl groups is 1. The Morgan fingerprint density at radius 3 is 2.67 bits per heavy atom. The fourth-order valence-electron chi connectivity index (χ4n) is 0.728. The van der Waals surface area contributed by atoms with Crippen molar-refractivity contribution in [2.45, 2.75) is 6.61 Å². The van der Waals surface area contributed by atoms with Gasteiger partial charge in [-0.3, -0.25) is 0 Å². The summed E-state index contributed by atoms with van der Waals surface area (Å²) in [4.78, 5) is 0. The van der Waals surface area contributed by atoms with Gasteiger partial charge >= 0.3 is 7.32 Å². The molecule has 0 spiro atoms. The van der Waals surface area contributed by atoms with E-state index in [1.165, 1.54) is 18.2 Å². The minimum Gasteiger partial charge on any atom is -0.512 e. The van der Waals surface area contributed by atoms with E-state index < -0.39 is 7.32 Å². The summed E-state index contributed by atoms with van der Waals surface area (Å²) in [6.07, 6.45) is 0. The van der Waals surface area contributed by atoms with Gasteiger partial charge in [0.15, 0.2) is 0 Å². The van der Waals surface area contributed by atoms with Crippen molar-refractivity contribution in [3.8, 4) is 5.75 Å². The molecule has 1 aromatic carbocycles. The van der Waals surface area contributed by atoms with Gasteiger partial charge in [0, 0.05) is 0 Å². The Morgan fingerprint density at radius 2 is 2.17 bits per heavy atom. The molecule has 0 bridgehead atoms. The molecule has 3 N–H and O–H groups in total. The molecule has 0 unspecified atom stereocenters. The highest BCUT2D eigenvalue weighted by Crippen LogP contribution is 2.11. The molecule has 0 amide bonds. The molecule has 0 heterocycles. The Balaban J connectivity index is 2.85. The maximum absolute atomic E-state index is 8.71.